The summed E-state index contributed by atoms with van der Waals surface area (Å²) in [5.74, 6) is -0.408. The quantitative estimate of drug-likeness (QED) is 0.449. The van der Waals surface area contributed by atoms with Crippen molar-refractivity contribution in [2.24, 2.45) is 0 Å². The van der Waals surface area contributed by atoms with Crippen molar-refractivity contribution in [3.63, 3.8) is 0 Å². The van der Waals surface area contributed by atoms with Gasteiger partial charge in [0, 0.05) is 20.1 Å². The van der Waals surface area contributed by atoms with Crippen molar-refractivity contribution in [2.45, 2.75) is 6.92 Å². The number of benzene rings is 2. The number of hydrazine groups is 1. The van der Waals surface area contributed by atoms with Gasteiger partial charge in [0.25, 0.3) is 11.8 Å². The number of carbonyl (C=O) groups excluding carboxylic acids is 2. The highest BCUT2D eigenvalue weighted by Crippen LogP contribution is 2.22. The van der Waals surface area contributed by atoms with Gasteiger partial charge in [-0.3, -0.25) is 25.8 Å². The van der Waals surface area contributed by atoms with E-state index in [-0.39, 0.29) is 17.3 Å². The molecule has 0 fully saturated rings. The maximum atomic E-state index is 12.1. The minimum Gasteiger partial charge on any atom is -0.483 e. The number of nitrogens with one attached hydrogen (secondary N) is 3. The molecule has 0 heterocycles. The highest BCUT2D eigenvalue weighted by Gasteiger charge is 2.11. The summed E-state index contributed by atoms with van der Waals surface area (Å²) in [5, 5.41) is 2.94. The monoisotopic (exact) mass is 489 g/mol. The van der Waals surface area contributed by atoms with Crippen LogP contribution >= 0.6 is 51.3 Å². The third-order valence-corrected chi connectivity index (χ3v) is 4.30. The Hall–Kier alpha value is -1.87. The first kappa shape index (κ1) is 21.4. The zero-order valence-electron chi connectivity index (χ0n) is 13.9. The Morgan fingerprint density at radius 3 is 2.41 bits per heavy atom. The van der Waals surface area contributed by atoms with Gasteiger partial charge in [-0.15, -0.1) is 0 Å². The van der Waals surface area contributed by atoms with Gasteiger partial charge in [-0.25, -0.2) is 0 Å². The topological polar surface area (TPSA) is 79.5 Å². The van der Waals surface area contributed by atoms with Gasteiger partial charge in [0.1, 0.15) is 5.75 Å². The maximum Gasteiger partial charge on any atom is 0.276 e. The lowest BCUT2D eigenvalue weighted by Gasteiger charge is -2.12. The van der Waals surface area contributed by atoms with Crippen LogP contribution in [0.1, 0.15) is 15.9 Å². The van der Waals surface area contributed by atoms with Gasteiger partial charge in [0.15, 0.2) is 11.7 Å². The number of hydrogen-bond donors (Lipinski definition) is 3. The van der Waals surface area contributed by atoms with E-state index in [1.807, 2.05) is 19.1 Å². The van der Waals surface area contributed by atoms with Gasteiger partial charge >= 0.3 is 0 Å². The van der Waals surface area contributed by atoms with Crippen molar-refractivity contribution in [3.05, 3.63) is 62.0 Å². The molecule has 0 saturated carbocycles. The standard InChI is InChI=1S/C17H14BrCl2N3O3S/c1-9-4-11(18)2-3-14(9)26-8-15(24)22-23-17(27)21-16(25)10-5-12(19)7-13(20)6-10/h2-7H,8H2,1H3,(H,22,24)(H2,21,23,25,27). The predicted octanol–water partition coefficient (Wildman–Crippen LogP) is 3.78. The van der Waals surface area contributed by atoms with Crippen LogP contribution in [0.25, 0.3) is 0 Å². The van der Waals surface area contributed by atoms with Crippen LogP contribution in [0.5, 0.6) is 5.75 Å². The molecule has 2 aromatic carbocycles. The molecule has 10 heteroatoms. The first-order valence-corrected chi connectivity index (χ1v) is 9.45. The van der Waals surface area contributed by atoms with E-state index in [1.165, 1.54) is 18.2 Å². The summed E-state index contributed by atoms with van der Waals surface area (Å²) in [6.07, 6.45) is 0. The average Bonchev–Trinajstić information content (AvgIpc) is 2.58. The number of amides is 2. The summed E-state index contributed by atoms with van der Waals surface area (Å²) in [4.78, 5) is 23.9. The molecule has 0 unspecified atom stereocenters. The number of ether oxygens (including phenoxy) is 1. The molecule has 3 N–H and O–H groups in total. The van der Waals surface area contributed by atoms with Crippen LogP contribution in [0, 0.1) is 6.92 Å². The number of rotatable bonds is 4. The summed E-state index contributed by atoms with van der Waals surface area (Å²) in [6.45, 7) is 1.64. The second-order valence-corrected chi connectivity index (χ2v) is 7.51. The fourth-order valence-electron chi connectivity index (χ4n) is 1.97. The van der Waals surface area contributed by atoms with E-state index in [1.54, 1.807) is 6.07 Å². The van der Waals surface area contributed by atoms with E-state index in [2.05, 4.69) is 32.1 Å². The van der Waals surface area contributed by atoms with Gasteiger partial charge in [0.05, 0.1) is 0 Å². The fourth-order valence-corrected chi connectivity index (χ4v) is 3.12. The number of aryl methyl sites for hydroxylation is 1. The van der Waals surface area contributed by atoms with Crippen LogP contribution < -0.4 is 20.9 Å². The molecule has 2 aromatic rings. The first-order chi connectivity index (χ1) is 12.7. The summed E-state index contributed by atoms with van der Waals surface area (Å²) >= 11 is 20.0. The van der Waals surface area contributed by atoms with E-state index < -0.39 is 11.8 Å². The fraction of sp³-hybridized carbons (Fsp3) is 0.118. The third-order valence-electron chi connectivity index (χ3n) is 3.16. The summed E-state index contributed by atoms with van der Waals surface area (Å²) in [6, 6.07) is 9.82. The van der Waals surface area contributed by atoms with Crippen LogP contribution in [0.2, 0.25) is 10.0 Å². The van der Waals surface area contributed by atoms with Crippen molar-refractivity contribution in [3.8, 4) is 5.75 Å². The highest BCUT2D eigenvalue weighted by molar-refractivity contribution is 9.10. The summed E-state index contributed by atoms with van der Waals surface area (Å²) < 4.78 is 6.35. The zero-order valence-corrected chi connectivity index (χ0v) is 17.9. The smallest absolute Gasteiger partial charge is 0.276 e. The van der Waals surface area contributed by atoms with Gasteiger partial charge < -0.3 is 4.74 Å². The molecule has 27 heavy (non-hydrogen) atoms. The van der Waals surface area contributed by atoms with E-state index in [9.17, 15) is 9.59 Å². The van der Waals surface area contributed by atoms with Crippen LogP contribution in [0.4, 0.5) is 0 Å². The number of thiocarbonyl (C=S) groups is 1. The largest absolute Gasteiger partial charge is 0.483 e. The minimum absolute atomic E-state index is 0.0933. The van der Waals surface area contributed by atoms with Gasteiger partial charge in [0.2, 0.25) is 0 Å². The van der Waals surface area contributed by atoms with Crippen molar-refractivity contribution in [2.75, 3.05) is 6.61 Å². The molecule has 0 atom stereocenters. The Morgan fingerprint density at radius 2 is 1.78 bits per heavy atom. The van der Waals surface area contributed by atoms with Crippen LogP contribution in [0.15, 0.2) is 40.9 Å². The van der Waals surface area contributed by atoms with E-state index in [0.717, 1.165) is 10.0 Å². The highest BCUT2D eigenvalue weighted by atomic mass is 79.9. The minimum atomic E-state index is -0.520. The molecular formula is C17H14BrCl2N3O3S. The lowest BCUT2D eigenvalue weighted by molar-refractivity contribution is -0.123. The van der Waals surface area contributed by atoms with Crippen LogP contribution in [-0.4, -0.2) is 23.5 Å². The summed E-state index contributed by atoms with van der Waals surface area (Å²) in [7, 11) is 0. The lowest BCUT2D eigenvalue weighted by atomic mass is 10.2. The molecule has 2 amide bonds. The molecule has 6 nitrogen and oxygen atoms in total. The summed E-state index contributed by atoms with van der Waals surface area (Å²) in [5.41, 5.74) is 5.87. The Labute approximate surface area is 179 Å². The van der Waals surface area contributed by atoms with E-state index >= 15 is 0 Å². The van der Waals surface area contributed by atoms with Crippen molar-refractivity contribution in [1.29, 1.82) is 0 Å². The Kier molecular flexibility index (Phi) is 7.85. The number of hydrogen-bond acceptors (Lipinski definition) is 4. The molecule has 0 bridgehead atoms. The van der Waals surface area contributed by atoms with Crippen molar-refractivity contribution in [1.82, 2.24) is 16.2 Å². The average molecular weight is 491 g/mol. The van der Waals surface area contributed by atoms with Gasteiger partial charge in [-0.05, 0) is 61.1 Å². The third kappa shape index (κ3) is 6.99. The number of carbonyl (C=O) groups is 2. The first-order valence-electron chi connectivity index (χ1n) is 7.50. The predicted molar refractivity (Wildman–Crippen MR) is 112 cm³/mol. The maximum absolute atomic E-state index is 12.1. The Morgan fingerprint density at radius 1 is 1.11 bits per heavy atom. The molecule has 0 saturated heterocycles. The van der Waals surface area contributed by atoms with Crippen molar-refractivity contribution < 1.29 is 14.3 Å². The normalized spacial score (nSPS) is 10.1. The molecule has 0 spiro atoms. The molecule has 0 radical (unpaired) electrons. The van der Waals surface area contributed by atoms with Crippen LogP contribution in [0.3, 0.4) is 0 Å². The lowest BCUT2D eigenvalue weighted by Crippen LogP contribution is -2.49. The molecule has 0 aromatic heterocycles. The molecule has 2 rings (SSSR count). The van der Waals surface area contributed by atoms with E-state index in [4.69, 9.17) is 40.2 Å². The molecule has 0 aliphatic carbocycles. The second kappa shape index (κ2) is 9.89. The molecular weight excluding hydrogens is 477 g/mol. The van der Waals surface area contributed by atoms with Crippen molar-refractivity contribution >= 4 is 68.3 Å². The van der Waals surface area contributed by atoms with Gasteiger partial charge in [-0.2, -0.15) is 0 Å². The number of halogens is 3. The van der Waals surface area contributed by atoms with E-state index in [0.29, 0.717) is 15.8 Å². The molecule has 142 valence electrons. The molecule has 0 aliphatic rings. The van der Waals surface area contributed by atoms with Gasteiger partial charge in [-0.1, -0.05) is 39.1 Å². The Bertz CT molecular complexity index is 875. The SMILES string of the molecule is Cc1cc(Br)ccc1OCC(=O)NNC(=S)NC(=O)c1cc(Cl)cc(Cl)c1. The zero-order chi connectivity index (χ0) is 20.0. The Balaban J connectivity index is 1.79. The molecule has 0 aliphatic heterocycles. The van der Waals surface area contributed by atoms with Crippen LogP contribution in [-0.2, 0) is 4.79 Å². The second-order valence-electron chi connectivity index (χ2n) is 5.31.